The van der Waals surface area contributed by atoms with E-state index in [0.29, 0.717) is 24.4 Å². The third-order valence-corrected chi connectivity index (χ3v) is 4.02. The Bertz CT molecular complexity index is 999. The second-order valence-corrected chi connectivity index (χ2v) is 6.28. The van der Waals surface area contributed by atoms with Crippen LogP contribution in [-0.2, 0) is 18.9 Å². The Morgan fingerprint density at radius 3 is 2.10 bits per heavy atom. The van der Waals surface area contributed by atoms with E-state index in [4.69, 9.17) is 4.74 Å². The fourth-order valence-corrected chi connectivity index (χ4v) is 2.53. The minimum Gasteiger partial charge on any atom is -0.492 e. The van der Waals surface area contributed by atoms with Gasteiger partial charge in [0.25, 0.3) is 5.91 Å². The lowest BCUT2D eigenvalue weighted by molar-refractivity contribution is -0.143. The monoisotopic (exact) mass is 444 g/mol. The molecule has 0 radical (unpaired) electrons. The molecule has 1 heterocycles. The van der Waals surface area contributed by atoms with Gasteiger partial charge in [-0.05, 0) is 42.5 Å². The number of hydrogen-bond donors (Lipinski definition) is 1. The fraction of sp³-hybridized carbons (Fsp3) is 0.211. The van der Waals surface area contributed by atoms with Gasteiger partial charge in [-0.3, -0.25) is 4.79 Å². The predicted molar refractivity (Wildman–Crippen MR) is 96.4 cm³/mol. The number of benzene rings is 2. The van der Waals surface area contributed by atoms with Crippen LogP contribution in [0, 0.1) is 0 Å². The number of aromatic nitrogens is 3. The molecule has 0 unspecified atom stereocenters. The first kappa shape index (κ1) is 22.1. The number of carbonyl (C=O) groups excluding carboxylic acids is 1. The van der Waals surface area contributed by atoms with E-state index in [9.17, 15) is 31.1 Å². The van der Waals surface area contributed by atoms with Crippen molar-refractivity contribution < 1.29 is 35.9 Å². The third kappa shape index (κ3) is 5.96. The number of halogens is 6. The summed E-state index contributed by atoms with van der Waals surface area (Å²) in [5, 5.41) is 6.17. The van der Waals surface area contributed by atoms with Gasteiger partial charge in [0, 0.05) is 11.3 Å². The molecule has 3 rings (SSSR count). The number of rotatable bonds is 6. The molecule has 0 aliphatic rings. The molecule has 2 aromatic carbocycles. The minimum absolute atomic E-state index is 0.0395. The van der Waals surface area contributed by atoms with Crippen LogP contribution in [0.5, 0.6) is 5.75 Å². The van der Waals surface area contributed by atoms with Crippen LogP contribution in [0.3, 0.4) is 0 Å². The molecule has 0 saturated carbocycles. The lowest BCUT2D eigenvalue weighted by Crippen LogP contribution is -2.17. The summed E-state index contributed by atoms with van der Waals surface area (Å²) in [6.45, 7) is 0.717. The van der Waals surface area contributed by atoms with Gasteiger partial charge in [-0.2, -0.15) is 31.4 Å². The summed E-state index contributed by atoms with van der Waals surface area (Å²) in [6, 6.07) is 6.48. The summed E-state index contributed by atoms with van der Waals surface area (Å²) < 4.78 is 84.7. The Hall–Kier alpha value is -3.57. The number of nitrogens with zero attached hydrogens (tertiary/aromatic N) is 3. The Kier molecular flexibility index (Phi) is 6.18. The van der Waals surface area contributed by atoms with E-state index >= 15 is 0 Å². The molecule has 1 N–H and O–H groups in total. The maximum atomic E-state index is 12.9. The molecule has 0 spiro atoms. The average Bonchev–Trinajstić information content (AvgIpc) is 3.21. The number of alkyl halides is 6. The van der Waals surface area contributed by atoms with Gasteiger partial charge in [-0.1, -0.05) is 0 Å². The van der Waals surface area contributed by atoms with E-state index in [2.05, 4.69) is 15.4 Å². The van der Waals surface area contributed by atoms with Crippen LogP contribution in [-0.4, -0.2) is 27.3 Å². The molecule has 0 atom stereocenters. The lowest BCUT2D eigenvalue weighted by atomic mass is 10.0. The van der Waals surface area contributed by atoms with E-state index < -0.39 is 35.0 Å². The van der Waals surface area contributed by atoms with Crippen LogP contribution in [0.25, 0.3) is 0 Å². The molecule has 0 fully saturated rings. The summed E-state index contributed by atoms with van der Waals surface area (Å²) in [6.07, 6.45) is -7.19. The first-order valence-corrected chi connectivity index (χ1v) is 8.68. The topological polar surface area (TPSA) is 69.0 Å². The summed E-state index contributed by atoms with van der Waals surface area (Å²) in [5.41, 5.74) is -3.73. The molecule has 3 aromatic rings. The van der Waals surface area contributed by atoms with Crippen LogP contribution in [0.2, 0.25) is 0 Å². The second kappa shape index (κ2) is 8.66. The maximum absolute atomic E-state index is 12.9. The molecular formula is C19H14F6N4O2. The van der Waals surface area contributed by atoms with Gasteiger partial charge in [0.05, 0.1) is 17.7 Å². The zero-order valence-electron chi connectivity index (χ0n) is 15.5. The molecule has 164 valence electrons. The minimum atomic E-state index is -5.04. The zero-order chi connectivity index (χ0) is 22.6. The van der Waals surface area contributed by atoms with E-state index in [1.165, 1.54) is 36.9 Å². The van der Waals surface area contributed by atoms with Gasteiger partial charge >= 0.3 is 12.4 Å². The van der Waals surface area contributed by atoms with Crippen molar-refractivity contribution in [1.82, 2.24) is 14.8 Å². The van der Waals surface area contributed by atoms with Crippen LogP contribution < -0.4 is 10.1 Å². The van der Waals surface area contributed by atoms with Gasteiger partial charge in [-0.25, -0.2) is 9.67 Å². The molecule has 0 saturated heterocycles. The standard InChI is InChI=1S/C19H14F6N4O2/c20-18(21,22)13-7-12(8-14(9-13)19(23,24)25)17(30)28-15-1-3-16(4-2-15)31-6-5-29-11-26-10-27-29/h1-4,7-11H,5-6H2,(H,28,30). The number of carbonyl (C=O) groups is 1. The first-order chi connectivity index (χ1) is 14.5. The number of anilines is 1. The van der Waals surface area contributed by atoms with E-state index in [-0.39, 0.29) is 18.4 Å². The largest absolute Gasteiger partial charge is 0.492 e. The first-order valence-electron chi connectivity index (χ1n) is 8.68. The fourth-order valence-electron chi connectivity index (χ4n) is 2.53. The molecule has 31 heavy (non-hydrogen) atoms. The molecule has 1 aromatic heterocycles. The number of nitrogens with one attached hydrogen (secondary N) is 1. The normalized spacial score (nSPS) is 11.9. The van der Waals surface area contributed by atoms with Gasteiger partial charge in [0.2, 0.25) is 0 Å². The Morgan fingerprint density at radius 2 is 1.58 bits per heavy atom. The van der Waals surface area contributed by atoms with E-state index in [1.54, 1.807) is 4.68 Å². The highest BCUT2D eigenvalue weighted by Gasteiger charge is 2.37. The predicted octanol–water partition coefficient (Wildman–Crippen LogP) is 4.65. The summed E-state index contributed by atoms with van der Waals surface area (Å²) in [7, 11) is 0. The zero-order valence-corrected chi connectivity index (χ0v) is 15.5. The molecule has 0 bridgehead atoms. The Labute approximate surface area is 171 Å². The van der Waals surface area contributed by atoms with Crippen LogP contribution in [0.4, 0.5) is 32.0 Å². The molecular weight excluding hydrogens is 430 g/mol. The average molecular weight is 444 g/mol. The molecule has 12 heteroatoms. The molecule has 6 nitrogen and oxygen atoms in total. The Morgan fingerprint density at radius 1 is 0.968 bits per heavy atom. The summed E-state index contributed by atoms with van der Waals surface area (Å²) in [4.78, 5) is 16.0. The number of hydrogen-bond acceptors (Lipinski definition) is 4. The van der Waals surface area contributed by atoms with Gasteiger partial charge in [0.15, 0.2) is 0 Å². The van der Waals surface area contributed by atoms with E-state index in [1.807, 2.05) is 0 Å². The van der Waals surface area contributed by atoms with Crippen molar-refractivity contribution >= 4 is 11.6 Å². The van der Waals surface area contributed by atoms with Crippen molar-refractivity contribution in [2.45, 2.75) is 18.9 Å². The van der Waals surface area contributed by atoms with Gasteiger partial charge < -0.3 is 10.1 Å². The Balaban J connectivity index is 1.69. The van der Waals surface area contributed by atoms with Crippen LogP contribution in [0.15, 0.2) is 55.1 Å². The molecule has 0 aliphatic heterocycles. The van der Waals surface area contributed by atoms with Crippen LogP contribution in [0.1, 0.15) is 21.5 Å². The van der Waals surface area contributed by atoms with Gasteiger partial charge in [-0.15, -0.1) is 0 Å². The summed E-state index contributed by atoms with van der Waals surface area (Å²) in [5.74, 6) is -0.673. The smallest absolute Gasteiger partial charge is 0.416 e. The second-order valence-electron chi connectivity index (χ2n) is 6.28. The van der Waals surface area contributed by atoms with E-state index in [0.717, 1.165) is 0 Å². The van der Waals surface area contributed by atoms with Gasteiger partial charge in [0.1, 0.15) is 25.0 Å². The van der Waals surface area contributed by atoms with Crippen molar-refractivity contribution in [3.05, 3.63) is 71.8 Å². The van der Waals surface area contributed by atoms with Crippen molar-refractivity contribution in [2.75, 3.05) is 11.9 Å². The van der Waals surface area contributed by atoms with Crippen molar-refractivity contribution in [1.29, 1.82) is 0 Å². The van der Waals surface area contributed by atoms with Crippen molar-refractivity contribution in [3.8, 4) is 5.75 Å². The maximum Gasteiger partial charge on any atom is 0.416 e. The number of ether oxygens (including phenoxy) is 1. The number of amides is 1. The highest BCUT2D eigenvalue weighted by Crippen LogP contribution is 2.36. The highest BCUT2D eigenvalue weighted by molar-refractivity contribution is 6.04. The summed E-state index contributed by atoms with van der Waals surface area (Å²) >= 11 is 0. The SMILES string of the molecule is O=C(Nc1ccc(OCCn2cncn2)cc1)c1cc(C(F)(F)F)cc(C(F)(F)F)c1. The quantitative estimate of drug-likeness (QED) is 0.563. The molecule has 1 amide bonds. The molecule has 0 aliphatic carbocycles. The lowest BCUT2D eigenvalue weighted by Gasteiger charge is -2.14. The van der Waals surface area contributed by atoms with Crippen molar-refractivity contribution in [2.24, 2.45) is 0 Å². The van der Waals surface area contributed by atoms with Crippen LogP contribution >= 0.6 is 0 Å². The third-order valence-electron chi connectivity index (χ3n) is 4.02. The van der Waals surface area contributed by atoms with Crippen molar-refractivity contribution in [3.63, 3.8) is 0 Å². The highest BCUT2D eigenvalue weighted by atomic mass is 19.4.